The third kappa shape index (κ3) is 4.73. The summed E-state index contributed by atoms with van der Waals surface area (Å²) >= 11 is 0. The normalized spacial score (nSPS) is 30.1. The van der Waals surface area contributed by atoms with Gasteiger partial charge in [-0.1, -0.05) is 0 Å². The summed E-state index contributed by atoms with van der Waals surface area (Å²) in [5.74, 6) is -1.28. The number of hydrogen-bond donors (Lipinski definition) is 1. The van der Waals surface area contributed by atoms with Crippen LogP contribution in [0.25, 0.3) is 0 Å². The Hall–Kier alpha value is -2.60. The third-order valence-corrected chi connectivity index (χ3v) is 10.3. The van der Waals surface area contributed by atoms with Crippen LogP contribution >= 0.6 is 0 Å². The molecule has 1 saturated heterocycles. The van der Waals surface area contributed by atoms with Crippen LogP contribution in [0.2, 0.25) is 0 Å². The summed E-state index contributed by atoms with van der Waals surface area (Å²) in [5.41, 5.74) is 0.0817. The molecule has 0 radical (unpaired) electrons. The third-order valence-electron chi connectivity index (χ3n) is 8.41. The fourth-order valence-electron chi connectivity index (χ4n) is 6.01. The number of rotatable bonds is 7. The lowest BCUT2D eigenvalue weighted by Crippen LogP contribution is -2.48. The quantitative estimate of drug-likeness (QED) is 0.538. The molecule has 3 aliphatic carbocycles. The topological polar surface area (TPSA) is 92.3 Å². The van der Waals surface area contributed by atoms with E-state index < -0.39 is 52.3 Å². The number of halogens is 4. The fourth-order valence-corrected chi connectivity index (χ4v) is 7.63. The van der Waals surface area contributed by atoms with Gasteiger partial charge in [0.2, 0.25) is 22.4 Å². The van der Waals surface area contributed by atoms with Gasteiger partial charge in [-0.15, -0.1) is 0 Å². The molecule has 2 aromatic rings. The molecule has 4 fully saturated rings. The van der Waals surface area contributed by atoms with Gasteiger partial charge in [0.1, 0.15) is 24.4 Å². The first-order valence-electron chi connectivity index (χ1n) is 12.3. The van der Waals surface area contributed by atoms with Crippen molar-refractivity contribution in [2.24, 2.45) is 5.41 Å². The molecule has 7 nitrogen and oxygen atoms in total. The lowest BCUT2D eigenvalue weighted by Gasteiger charge is -2.52. The smallest absolute Gasteiger partial charge is 0.244 e. The van der Waals surface area contributed by atoms with Crippen LogP contribution in [-0.2, 0) is 26.8 Å². The molecule has 12 heteroatoms. The highest BCUT2D eigenvalue weighted by Crippen LogP contribution is 2.59. The van der Waals surface area contributed by atoms with Crippen LogP contribution in [-0.4, -0.2) is 53.8 Å². The minimum absolute atomic E-state index is 0.0245. The van der Waals surface area contributed by atoms with Gasteiger partial charge in [0.25, 0.3) is 0 Å². The standard InChI is InChI=1S/C25H28F4N4O3S/c26-16-1-3-19(4-2-16)37(35,36)33-14-17(27)11-20(33)22(34)30-13-18-12-21(32-15-31-18)24-5-8-25(9-6-24,10-7-24)23(28)29/h1-4,12,15,17,20,23H,5-11,13-14H2,(H,30,34)/t17-,20+,24?,25?/m1/s1. The SMILES string of the molecule is O=C(NCc1cc(C23CCC(C(F)F)(CC2)CC3)ncn1)[C@@H]1C[C@@H](F)CN1S(=O)(=O)c1ccc(F)cc1. The highest BCUT2D eigenvalue weighted by Gasteiger charge is 2.54. The van der Waals surface area contributed by atoms with Gasteiger partial charge in [-0.25, -0.2) is 35.9 Å². The molecule has 6 rings (SSSR count). The Bertz CT molecular complexity index is 1250. The van der Waals surface area contributed by atoms with Crippen LogP contribution in [0.5, 0.6) is 0 Å². The van der Waals surface area contributed by atoms with E-state index in [9.17, 15) is 30.8 Å². The van der Waals surface area contributed by atoms with Crippen LogP contribution < -0.4 is 5.32 Å². The largest absolute Gasteiger partial charge is 0.349 e. The molecule has 1 aromatic heterocycles. The van der Waals surface area contributed by atoms with E-state index >= 15 is 0 Å². The van der Waals surface area contributed by atoms with Gasteiger partial charge in [-0.05, 0) is 68.9 Å². The Morgan fingerprint density at radius 3 is 2.35 bits per heavy atom. The number of hydrogen-bond acceptors (Lipinski definition) is 5. The van der Waals surface area contributed by atoms with Crippen molar-refractivity contribution in [2.75, 3.05) is 6.54 Å². The highest BCUT2D eigenvalue weighted by atomic mass is 32.2. The van der Waals surface area contributed by atoms with Crippen molar-refractivity contribution in [2.45, 2.75) is 80.4 Å². The zero-order valence-corrected chi connectivity index (χ0v) is 20.9. The molecule has 1 N–H and O–H groups in total. The minimum Gasteiger partial charge on any atom is -0.349 e. The zero-order valence-electron chi connectivity index (χ0n) is 20.0. The van der Waals surface area contributed by atoms with Gasteiger partial charge in [0, 0.05) is 23.8 Å². The Morgan fingerprint density at radius 1 is 1.08 bits per heavy atom. The summed E-state index contributed by atoms with van der Waals surface area (Å²) in [7, 11) is -4.22. The van der Waals surface area contributed by atoms with Crippen molar-refractivity contribution in [3.8, 4) is 0 Å². The number of carbonyl (C=O) groups excluding carboxylic acids is 1. The maximum absolute atomic E-state index is 14.3. The van der Waals surface area contributed by atoms with E-state index in [4.69, 9.17) is 0 Å². The summed E-state index contributed by atoms with van der Waals surface area (Å²) in [4.78, 5) is 21.4. The van der Waals surface area contributed by atoms with Gasteiger partial charge in [-0.2, -0.15) is 4.31 Å². The highest BCUT2D eigenvalue weighted by molar-refractivity contribution is 7.89. The average Bonchev–Trinajstić information content (AvgIpc) is 3.31. The zero-order chi connectivity index (χ0) is 26.4. The van der Waals surface area contributed by atoms with Gasteiger partial charge >= 0.3 is 0 Å². The Morgan fingerprint density at radius 2 is 1.73 bits per heavy atom. The molecule has 200 valence electrons. The number of carbonyl (C=O) groups is 1. The van der Waals surface area contributed by atoms with E-state index in [2.05, 4.69) is 15.3 Å². The van der Waals surface area contributed by atoms with E-state index in [1.54, 1.807) is 6.07 Å². The summed E-state index contributed by atoms with van der Waals surface area (Å²) in [6.45, 7) is -0.499. The van der Waals surface area contributed by atoms with E-state index in [1.807, 2.05) is 0 Å². The maximum atomic E-state index is 14.3. The van der Waals surface area contributed by atoms with Crippen molar-refractivity contribution in [1.29, 1.82) is 0 Å². The van der Waals surface area contributed by atoms with Gasteiger partial charge < -0.3 is 5.32 Å². The number of nitrogens with zero attached hydrogens (tertiary/aromatic N) is 3. The summed E-state index contributed by atoms with van der Waals surface area (Å²) in [6.07, 6.45) is 0.454. The van der Waals surface area contributed by atoms with Crippen molar-refractivity contribution < 1.29 is 30.8 Å². The molecule has 37 heavy (non-hydrogen) atoms. The Kier molecular flexibility index (Phi) is 6.76. The molecule has 0 spiro atoms. The molecule has 1 amide bonds. The van der Waals surface area contributed by atoms with Crippen LogP contribution in [0.15, 0.2) is 41.6 Å². The van der Waals surface area contributed by atoms with E-state index in [0.29, 0.717) is 44.2 Å². The predicted octanol–water partition coefficient (Wildman–Crippen LogP) is 3.89. The number of sulfonamides is 1. The van der Waals surface area contributed by atoms with Crippen LogP contribution in [0.4, 0.5) is 17.6 Å². The first-order valence-corrected chi connectivity index (χ1v) is 13.8. The van der Waals surface area contributed by atoms with Crippen molar-refractivity contribution in [3.63, 3.8) is 0 Å². The monoisotopic (exact) mass is 540 g/mol. The molecule has 0 unspecified atom stereocenters. The molecule has 4 aliphatic rings. The number of benzene rings is 1. The van der Waals surface area contributed by atoms with Gasteiger partial charge in [0.05, 0.1) is 22.8 Å². The minimum atomic E-state index is -4.22. The van der Waals surface area contributed by atoms with Gasteiger partial charge in [-0.3, -0.25) is 4.79 Å². The second-order valence-corrected chi connectivity index (χ2v) is 12.3. The lowest BCUT2D eigenvalue weighted by molar-refractivity contribution is -0.124. The van der Waals surface area contributed by atoms with Crippen LogP contribution in [0.3, 0.4) is 0 Å². The molecule has 2 heterocycles. The number of aromatic nitrogens is 2. The number of nitrogens with one attached hydrogen (secondary N) is 1. The molecular formula is C25H28F4N4O3S. The van der Waals surface area contributed by atoms with E-state index in [0.717, 1.165) is 34.3 Å². The molecule has 1 aliphatic heterocycles. The van der Waals surface area contributed by atoms with Crippen LogP contribution in [0.1, 0.15) is 56.3 Å². The summed E-state index contributed by atoms with van der Waals surface area (Å²) in [6, 6.07) is 4.64. The summed E-state index contributed by atoms with van der Waals surface area (Å²) in [5, 5.41) is 2.65. The van der Waals surface area contributed by atoms with Crippen LogP contribution in [0, 0.1) is 11.2 Å². The average molecular weight is 541 g/mol. The molecule has 3 saturated carbocycles. The Balaban J connectivity index is 1.27. The van der Waals surface area contributed by atoms with E-state index in [1.165, 1.54) is 6.33 Å². The second-order valence-electron chi connectivity index (χ2n) is 10.4. The number of amides is 1. The molecule has 2 bridgehead atoms. The number of alkyl halides is 3. The fraction of sp³-hybridized carbons (Fsp3) is 0.560. The van der Waals surface area contributed by atoms with Crippen molar-refractivity contribution >= 4 is 15.9 Å². The Labute approximate surface area is 212 Å². The summed E-state index contributed by atoms with van der Waals surface area (Å²) < 4.78 is 81.6. The van der Waals surface area contributed by atoms with E-state index in [-0.39, 0.29) is 23.3 Å². The molecule has 2 atom stereocenters. The second kappa shape index (κ2) is 9.61. The predicted molar refractivity (Wildman–Crippen MR) is 125 cm³/mol. The van der Waals surface area contributed by atoms with Crippen molar-refractivity contribution in [1.82, 2.24) is 19.6 Å². The maximum Gasteiger partial charge on any atom is 0.244 e. The molecule has 1 aromatic carbocycles. The number of fused-ring (bicyclic) bond motifs is 3. The lowest BCUT2D eigenvalue weighted by atomic mass is 9.53. The van der Waals surface area contributed by atoms with Crippen molar-refractivity contribution in [3.05, 3.63) is 53.9 Å². The molecular weight excluding hydrogens is 512 g/mol. The first-order chi connectivity index (χ1) is 17.5. The first kappa shape index (κ1) is 26.0. The van der Waals surface area contributed by atoms with Gasteiger partial charge in [0.15, 0.2) is 0 Å².